The molecule has 6 nitrogen and oxygen atoms in total. The number of rotatable bonds is 3. The van der Waals surface area contributed by atoms with E-state index in [1.54, 1.807) is 0 Å². The Morgan fingerprint density at radius 3 is 2.42 bits per heavy atom. The van der Waals surface area contributed by atoms with Gasteiger partial charge in [0.2, 0.25) is 0 Å². The molecule has 0 aliphatic carbocycles. The van der Waals surface area contributed by atoms with Crippen molar-refractivity contribution in [3.8, 4) is 0 Å². The summed E-state index contributed by atoms with van der Waals surface area (Å²) in [4.78, 5) is 11.5. The van der Waals surface area contributed by atoms with Gasteiger partial charge < -0.3 is 4.74 Å². The van der Waals surface area contributed by atoms with E-state index in [1.807, 2.05) is 31.2 Å². The minimum atomic E-state index is -3.16. The Kier molecular flexibility index (Phi) is 4.58. The fourth-order valence-corrected chi connectivity index (χ4v) is 3.16. The molecule has 0 fully saturated rings. The maximum Gasteiger partial charge on any atom is 0.414 e. The molecule has 0 saturated heterocycles. The lowest BCUT2D eigenvalue weighted by Crippen LogP contribution is -2.34. The molecule has 1 aromatic carbocycles. The first-order valence-electron chi connectivity index (χ1n) is 6.25. The fraction of sp³-hybridized carbons (Fsp3) is 0.417. The first kappa shape index (κ1) is 14.1. The predicted molar refractivity (Wildman–Crippen MR) is 72.5 cm³/mol. The number of ether oxygens (including phenoxy) is 1. The van der Waals surface area contributed by atoms with Crippen LogP contribution in [0.1, 0.15) is 24.5 Å². The summed E-state index contributed by atoms with van der Waals surface area (Å²) in [5.41, 5.74) is 2.13. The summed E-state index contributed by atoms with van der Waals surface area (Å²) in [7, 11) is -3.16. The summed E-state index contributed by atoms with van der Waals surface area (Å²) in [6.45, 7) is 3.09. The lowest BCUT2D eigenvalue weighted by molar-refractivity contribution is 0.152. The van der Waals surface area contributed by atoms with Crippen molar-refractivity contribution < 1.29 is 14.1 Å². The summed E-state index contributed by atoms with van der Waals surface area (Å²) in [6, 6.07) is 7.80. The van der Waals surface area contributed by atoms with Gasteiger partial charge in [-0.05, 0) is 17.5 Å². The van der Waals surface area contributed by atoms with Crippen molar-refractivity contribution in [3.63, 3.8) is 0 Å². The maximum absolute atomic E-state index is 12.5. The van der Waals surface area contributed by atoms with Crippen molar-refractivity contribution in [2.75, 3.05) is 6.61 Å². The monoisotopic (exact) mass is 283 g/mol. The molecule has 0 unspecified atom stereocenters. The lowest BCUT2D eigenvalue weighted by atomic mass is 10.1. The van der Waals surface area contributed by atoms with Gasteiger partial charge >= 0.3 is 13.7 Å². The highest BCUT2D eigenvalue weighted by atomic mass is 31.2. The highest BCUT2D eigenvalue weighted by molar-refractivity contribution is 7.58. The van der Waals surface area contributed by atoms with Gasteiger partial charge in [0.25, 0.3) is 0 Å². The van der Waals surface area contributed by atoms with Crippen molar-refractivity contribution in [2.45, 2.75) is 26.4 Å². The maximum atomic E-state index is 12.5. The second-order valence-corrected chi connectivity index (χ2v) is 6.37. The molecule has 2 rings (SSSR count). The summed E-state index contributed by atoms with van der Waals surface area (Å²) in [5, 5.41) is 8.09. The largest absolute Gasteiger partial charge is 0.449 e. The SMILES string of the molecule is CCCOC(=O)NP1(=O)NCc2ccccc2CN1. The third-order valence-electron chi connectivity index (χ3n) is 2.79. The molecule has 0 bridgehead atoms. The molecule has 0 spiro atoms. The van der Waals surface area contributed by atoms with Crippen molar-refractivity contribution in [1.82, 2.24) is 15.3 Å². The molecule has 1 aromatic rings. The van der Waals surface area contributed by atoms with E-state index in [9.17, 15) is 9.36 Å². The Morgan fingerprint density at radius 1 is 1.32 bits per heavy atom. The van der Waals surface area contributed by atoms with Crippen LogP contribution >= 0.6 is 7.59 Å². The summed E-state index contributed by atoms with van der Waals surface area (Å²) in [6.07, 6.45) is 0.0560. The average molecular weight is 283 g/mol. The molecule has 1 heterocycles. The van der Waals surface area contributed by atoms with Crippen molar-refractivity contribution >= 4 is 13.7 Å². The van der Waals surface area contributed by atoms with Crippen LogP contribution in [-0.4, -0.2) is 12.7 Å². The number of fused-ring (bicyclic) bond motifs is 1. The topological polar surface area (TPSA) is 79.5 Å². The van der Waals surface area contributed by atoms with Gasteiger partial charge in [-0.25, -0.2) is 20.1 Å². The van der Waals surface area contributed by atoms with Gasteiger partial charge in [-0.15, -0.1) is 0 Å². The summed E-state index contributed by atoms with van der Waals surface area (Å²) < 4.78 is 17.3. The molecule has 0 atom stereocenters. The number of carbonyl (C=O) groups is 1. The van der Waals surface area contributed by atoms with Crippen LogP contribution in [-0.2, 0) is 22.4 Å². The van der Waals surface area contributed by atoms with E-state index in [0.717, 1.165) is 17.5 Å². The molecule has 0 aromatic heterocycles. The molecule has 0 radical (unpaired) electrons. The van der Waals surface area contributed by atoms with Crippen LogP contribution in [0, 0.1) is 0 Å². The first-order chi connectivity index (χ1) is 9.13. The van der Waals surface area contributed by atoms with Crippen LogP contribution in [0.4, 0.5) is 4.79 Å². The van der Waals surface area contributed by atoms with Gasteiger partial charge in [-0.1, -0.05) is 31.2 Å². The van der Waals surface area contributed by atoms with E-state index in [4.69, 9.17) is 4.74 Å². The zero-order valence-electron chi connectivity index (χ0n) is 10.8. The van der Waals surface area contributed by atoms with Gasteiger partial charge in [0.1, 0.15) is 0 Å². The standard InChI is InChI=1S/C12H18N3O3P/c1-2-7-18-12(16)15-19(17)13-8-10-5-3-4-6-11(10)9-14-19/h3-6H,2,7-9H2,1H3,(H3,13,14,15,16,17). The van der Waals surface area contributed by atoms with E-state index in [0.29, 0.717) is 19.7 Å². The summed E-state index contributed by atoms with van der Waals surface area (Å²) >= 11 is 0. The fourth-order valence-electron chi connectivity index (χ4n) is 1.79. The van der Waals surface area contributed by atoms with E-state index >= 15 is 0 Å². The van der Waals surface area contributed by atoms with Crippen molar-refractivity contribution in [3.05, 3.63) is 35.4 Å². The number of carbonyl (C=O) groups excluding carboxylic acids is 1. The van der Waals surface area contributed by atoms with Crippen LogP contribution < -0.4 is 15.3 Å². The van der Waals surface area contributed by atoms with E-state index < -0.39 is 13.7 Å². The Balaban J connectivity index is 2.00. The van der Waals surface area contributed by atoms with Crippen molar-refractivity contribution in [1.29, 1.82) is 0 Å². The molecule has 1 amide bonds. The molecule has 104 valence electrons. The van der Waals surface area contributed by atoms with Gasteiger partial charge in [0.05, 0.1) is 6.61 Å². The second kappa shape index (κ2) is 6.19. The highest BCUT2D eigenvalue weighted by Gasteiger charge is 2.27. The molecule has 7 heteroatoms. The molecule has 1 aliphatic heterocycles. The predicted octanol–water partition coefficient (Wildman–Crippen LogP) is 2.12. The molecular weight excluding hydrogens is 265 g/mol. The number of hydrogen-bond donors (Lipinski definition) is 3. The highest BCUT2D eigenvalue weighted by Crippen LogP contribution is 2.34. The zero-order chi connectivity index (χ0) is 13.7. The zero-order valence-corrected chi connectivity index (χ0v) is 11.7. The van der Waals surface area contributed by atoms with Crippen LogP contribution in [0.25, 0.3) is 0 Å². The van der Waals surface area contributed by atoms with Crippen LogP contribution in [0.3, 0.4) is 0 Å². The Morgan fingerprint density at radius 2 is 1.89 bits per heavy atom. The van der Waals surface area contributed by atoms with Gasteiger partial charge in [-0.3, -0.25) is 4.57 Å². The molecule has 19 heavy (non-hydrogen) atoms. The minimum Gasteiger partial charge on any atom is -0.449 e. The van der Waals surface area contributed by atoms with Gasteiger partial charge in [0.15, 0.2) is 0 Å². The van der Waals surface area contributed by atoms with Crippen molar-refractivity contribution in [2.24, 2.45) is 0 Å². The molecule has 3 N–H and O–H groups in total. The number of hydrogen-bond acceptors (Lipinski definition) is 3. The van der Waals surface area contributed by atoms with Gasteiger partial charge in [0, 0.05) is 13.1 Å². The molecular formula is C12H18N3O3P. The van der Waals surface area contributed by atoms with E-state index in [-0.39, 0.29) is 0 Å². The normalized spacial score (nSPS) is 17.1. The lowest BCUT2D eigenvalue weighted by Gasteiger charge is -2.18. The smallest absolute Gasteiger partial charge is 0.414 e. The van der Waals surface area contributed by atoms with E-state index in [2.05, 4.69) is 15.3 Å². The molecule has 1 aliphatic rings. The van der Waals surface area contributed by atoms with E-state index in [1.165, 1.54) is 0 Å². The van der Waals surface area contributed by atoms with Crippen LogP contribution in [0.2, 0.25) is 0 Å². The quantitative estimate of drug-likeness (QED) is 0.740. The van der Waals surface area contributed by atoms with Crippen LogP contribution in [0.15, 0.2) is 24.3 Å². The number of amides is 1. The van der Waals surface area contributed by atoms with Gasteiger partial charge in [-0.2, -0.15) is 0 Å². The third kappa shape index (κ3) is 3.80. The average Bonchev–Trinajstić information content (AvgIpc) is 2.57. The third-order valence-corrected chi connectivity index (χ3v) is 4.49. The Bertz CT molecular complexity index is 476. The van der Waals surface area contributed by atoms with Crippen LogP contribution in [0.5, 0.6) is 0 Å². The summed E-state index contributed by atoms with van der Waals surface area (Å²) in [5.74, 6) is 0. The number of nitrogens with one attached hydrogen (secondary N) is 3. The minimum absolute atomic E-state index is 0.312. The Hall–Kier alpha value is -1.36. The first-order valence-corrected chi connectivity index (χ1v) is 7.96. The second-order valence-electron chi connectivity index (χ2n) is 4.30. The number of benzene rings is 1. The Labute approximate surface area is 112 Å². The molecule has 0 saturated carbocycles.